The Labute approximate surface area is 129 Å². The van der Waals surface area contributed by atoms with Crippen molar-refractivity contribution in [1.82, 2.24) is 4.31 Å². The summed E-state index contributed by atoms with van der Waals surface area (Å²) in [7, 11) is -2.26. The molecular formula is C14H18ClNO4S. The third kappa shape index (κ3) is 3.56. The van der Waals surface area contributed by atoms with E-state index in [1.807, 2.05) is 0 Å². The van der Waals surface area contributed by atoms with E-state index in [4.69, 9.17) is 16.7 Å². The first-order chi connectivity index (χ1) is 9.82. The summed E-state index contributed by atoms with van der Waals surface area (Å²) >= 11 is 5.95. The van der Waals surface area contributed by atoms with Crippen LogP contribution in [0.4, 0.5) is 0 Å². The van der Waals surface area contributed by atoms with Crippen molar-refractivity contribution in [3.05, 3.63) is 28.8 Å². The third-order valence-electron chi connectivity index (χ3n) is 3.86. The number of rotatable bonds is 5. The van der Waals surface area contributed by atoms with E-state index in [2.05, 4.69) is 0 Å². The van der Waals surface area contributed by atoms with Crippen LogP contribution in [0.15, 0.2) is 23.1 Å². The van der Waals surface area contributed by atoms with Crippen LogP contribution in [0.3, 0.4) is 0 Å². The number of carboxylic acid groups (broad SMARTS) is 1. The van der Waals surface area contributed by atoms with Gasteiger partial charge in [0.15, 0.2) is 0 Å². The fraction of sp³-hybridized carbons (Fsp3) is 0.500. The Hall–Kier alpha value is -1.11. The van der Waals surface area contributed by atoms with Crippen molar-refractivity contribution in [3.63, 3.8) is 0 Å². The van der Waals surface area contributed by atoms with Crippen molar-refractivity contribution in [3.8, 4) is 0 Å². The smallest absolute Gasteiger partial charge is 0.335 e. The molecular weight excluding hydrogens is 314 g/mol. The molecule has 0 spiro atoms. The van der Waals surface area contributed by atoms with Crippen molar-refractivity contribution in [2.75, 3.05) is 13.6 Å². The molecule has 1 saturated carbocycles. The fourth-order valence-electron chi connectivity index (χ4n) is 2.66. The minimum Gasteiger partial charge on any atom is -0.478 e. The quantitative estimate of drug-likeness (QED) is 0.900. The molecule has 116 valence electrons. The van der Waals surface area contributed by atoms with Gasteiger partial charge < -0.3 is 5.11 Å². The molecule has 1 fully saturated rings. The van der Waals surface area contributed by atoms with E-state index >= 15 is 0 Å². The number of carboxylic acids is 1. The van der Waals surface area contributed by atoms with Crippen molar-refractivity contribution in [2.45, 2.75) is 30.6 Å². The average molecular weight is 332 g/mol. The Morgan fingerprint density at radius 3 is 2.57 bits per heavy atom. The highest BCUT2D eigenvalue weighted by molar-refractivity contribution is 7.89. The van der Waals surface area contributed by atoms with Gasteiger partial charge in [0, 0.05) is 13.6 Å². The first kappa shape index (κ1) is 16.3. The van der Waals surface area contributed by atoms with Crippen LogP contribution in [0.5, 0.6) is 0 Å². The number of hydrogen-bond donors (Lipinski definition) is 1. The minimum atomic E-state index is -3.78. The average Bonchev–Trinajstić information content (AvgIpc) is 2.91. The summed E-state index contributed by atoms with van der Waals surface area (Å²) in [5.41, 5.74) is -0.0905. The first-order valence-electron chi connectivity index (χ1n) is 6.81. The van der Waals surface area contributed by atoms with Crippen molar-refractivity contribution < 1.29 is 18.3 Å². The van der Waals surface area contributed by atoms with Gasteiger partial charge in [-0.1, -0.05) is 24.4 Å². The van der Waals surface area contributed by atoms with E-state index in [1.165, 1.54) is 23.5 Å². The maximum absolute atomic E-state index is 12.6. The second-order valence-electron chi connectivity index (χ2n) is 5.39. The number of carbonyl (C=O) groups is 1. The topological polar surface area (TPSA) is 74.7 Å². The molecule has 7 heteroatoms. The van der Waals surface area contributed by atoms with Gasteiger partial charge in [-0.2, -0.15) is 0 Å². The molecule has 0 unspecified atom stereocenters. The Morgan fingerprint density at radius 2 is 2.00 bits per heavy atom. The SMILES string of the molecule is CN(CC1CCCC1)S(=O)(=O)c1cc(C(=O)O)ccc1Cl. The summed E-state index contributed by atoms with van der Waals surface area (Å²) in [6.45, 7) is 0.440. The van der Waals surface area contributed by atoms with Gasteiger partial charge in [-0.05, 0) is 37.0 Å². The lowest BCUT2D eigenvalue weighted by Crippen LogP contribution is -2.31. The molecule has 1 aliphatic carbocycles. The zero-order valence-electron chi connectivity index (χ0n) is 11.8. The molecule has 1 aliphatic rings. The highest BCUT2D eigenvalue weighted by Gasteiger charge is 2.28. The molecule has 0 atom stereocenters. The lowest BCUT2D eigenvalue weighted by molar-refractivity contribution is 0.0696. The van der Waals surface area contributed by atoms with Crippen LogP contribution in [0.25, 0.3) is 0 Å². The van der Waals surface area contributed by atoms with Gasteiger partial charge in [0.1, 0.15) is 4.90 Å². The number of aromatic carboxylic acids is 1. The molecule has 21 heavy (non-hydrogen) atoms. The summed E-state index contributed by atoms with van der Waals surface area (Å²) < 4.78 is 26.4. The second kappa shape index (κ2) is 6.34. The van der Waals surface area contributed by atoms with Gasteiger partial charge in [0.25, 0.3) is 0 Å². The largest absolute Gasteiger partial charge is 0.478 e. The standard InChI is InChI=1S/C14H18ClNO4S/c1-16(9-10-4-2-3-5-10)21(19,20)13-8-11(14(17)18)6-7-12(13)15/h6-8,10H,2-5,9H2,1H3,(H,17,18). The lowest BCUT2D eigenvalue weighted by atomic mass is 10.1. The lowest BCUT2D eigenvalue weighted by Gasteiger charge is -2.21. The van der Waals surface area contributed by atoms with E-state index in [0.717, 1.165) is 31.7 Å². The summed E-state index contributed by atoms with van der Waals surface area (Å²) in [4.78, 5) is 10.8. The molecule has 1 N–H and O–H groups in total. The molecule has 0 radical (unpaired) electrons. The van der Waals surface area contributed by atoms with Crippen LogP contribution in [0.1, 0.15) is 36.0 Å². The molecule has 0 heterocycles. The normalized spacial score (nSPS) is 16.5. The highest BCUT2D eigenvalue weighted by atomic mass is 35.5. The number of halogens is 1. The van der Waals surface area contributed by atoms with Crippen LogP contribution < -0.4 is 0 Å². The molecule has 1 aromatic carbocycles. The molecule has 0 saturated heterocycles. The maximum Gasteiger partial charge on any atom is 0.335 e. The van der Waals surface area contributed by atoms with Crippen molar-refractivity contribution in [1.29, 1.82) is 0 Å². The van der Waals surface area contributed by atoms with Crippen molar-refractivity contribution in [2.24, 2.45) is 5.92 Å². The molecule has 5 nitrogen and oxygen atoms in total. The fourth-order valence-corrected chi connectivity index (χ4v) is 4.40. The summed E-state index contributed by atoms with van der Waals surface area (Å²) in [6.07, 6.45) is 4.33. The molecule has 0 bridgehead atoms. The second-order valence-corrected chi connectivity index (χ2v) is 7.81. The minimum absolute atomic E-state index is 0.0401. The molecule has 1 aromatic rings. The van der Waals surface area contributed by atoms with Crippen molar-refractivity contribution >= 4 is 27.6 Å². The Morgan fingerprint density at radius 1 is 1.38 bits per heavy atom. The molecule has 0 aliphatic heterocycles. The molecule has 2 rings (SSSR count). The van der Waals surface area contributed by atoms with Crippen LogP contribution in [0.2, 0.25) is 5.02 Å². The van der Waals surface area contributed by atoms with Gasteiger partial charge in [-0.25, -0.2) is 17.5 Å². The third-order valence-corrected chi connectivity index (χ3v) is 6.16. The van der Waals surface area contributed by atoms with Gasteiger partial charge in [0.2, 0.25) is 10.0 Å². The number of sulfonamides is 1. The van der Waals surface area contributed by atoms with Gasteiger partial charge in [-0.3, -0.25) is 0 Å². The van der Waals surface area contributed by atoms with Crippen LogP contribution >= 0.6 is 11.6 Å². The Bertz CT molecular complexity index is 638. The predicted octanol–water partition coefficient (Wildman–Crippen LogP) is 2.85. The Kier molecular flexibility index (Phi) is 4.91. The monoisotopic (exact) mass is 331 g/mol. The zero-order valence-corrected chi connectivity index (χ0v) is 13.3. The van der Waals surface area contributed by atoms with Gasteiger partial charge in [-0.15, -0.1) is 0 Å². The van der Waals surface area contributed by atoms with E-state index in [0.29, 0.717) is 12.5 Å². The molecule has 0 amide bonds. The number of hydrogen-bond acceptors (Lipinski definition) is 3. The summed E-state index contributed by atoms with van der Waals surface area (Å²) in [5, 5.41) is 9.02. The van der Waals surface area contributed by atoms with E-state index in [1.54, 1.807) is 0 Å². The maximum atomic E-state index is 12.6. The summed E-state index contributed by atoms with van der Waals surface area (Å²) in [5.74, 6) is -0.812. The molecule has 0 aromatic heterocycles. The highest BCUT2D eigenvalue weighted by Crippen LogP contribution is 2.29. The summed E-state index contributed by atoms with van der Waals surface area (Å²) in [6, 6.07) is 3.72. The van der Waals surface area contributed by atoms with Crippen LogP contribution in [0, 0.1) is 5.92 Å². The first-order valence-corrected chi connectivity index (χ1v) is 8.63. The predicted molar refractivity (Wildman–Crippen MR) is 80.2 cm³/mol. The van der Waals surface area contributed by atoms with E-state index < -0.39 is 16.0 Å². The number of benzene rings is 1. The Balaban J connectivity index is 2.29. The van der Waals surface area contributed by atoms with Crippen LogP contribution in [-0.4, -0.2) is 37.4 Å². The van der Waals surface area contributed by atoms with Crippen LogP contribution in [-0.2, 0) is 10.0 Å². The van der Waals surface area contributed by atoms with Gasteiger partial charge >= 0.3 is 5.97 Å². The van der Waals surface area contributed by atoms with E-state index in [9.17, 15) is 13.2 Å². The van der Waals surface area contributed by atoms with Gasteiger partial charge in [0.05, 0.1) is 10.6 Å². The zero-order chi connectivity index (χ0) is 15.6. The van der Waals surface area contributed by atoms with E-state index in [-0.39, 0.29) is 15.5 Å². The number of nitrogens with zero attached hydrogens (tertiary/aromatic N) is 1.